The van der Waals surface area contributed by atoms with Crippen LogP contribution in [0.25, 0.3) is 0 Å². The molecule has 0 unspecified atom stereocenters. The highest BCUT2D eigenvalue weighted by Crippen LogP contribution is 2.18. The van der Waals surface area contributed by atoms with E-state index in [-0.39, 0.29) is 40.4 Å². The van der Waals surface area contributed by atoms with Crippen molar-refractivity contribution in [3.8, 4) is 0 Å². The second-order valence-electron chi connectivity index (χ2n) is 6.23. The Balaban J connectivity index is 2.03. The predicted molar refractivity (Wildman–Crippen MR) is 111 cm³/mol. The SMILES string of the molecule is COC(=O)c1cc(NC(=O)CCNS(=O)(=O)c2ccc([N+](=O)[O-])cc2)cc(C(=O)OC)c1. The van der Waals surface area contributed by atoms with E-state index in [9.17, 15) is 32.9 Å². The minimum absolute atomic E-state index is 0.00424. The first-order chi connectivity index (χ1) is 15.1. The van der Waals surface area contributed by atoms with E-state index >= 15 is 0 Å². The van der Waals surface area contributed by atoms with Crippen LogP contribution in [0.2, 0.25) is 0 Å². The van der Waals surface area contributed by atoms with E-state index in [0.717, 1.165) is 38.5 Å². The number of anilines is 1. The van der Waals surface area contributed by atoms with Crippen LogP contribution in [0.4, 0.5) is 11.4 Å². The van der Waals surface area contributed by atoms with Gasteiger partial charge in [0.2, 0.25) is 15.9 Å². The molecule has 2 rings (SSSR count). The highest BCUT2D eigenvalue weighted by molar-refractivity contribution is 7.89. The number of nitro benzene ring substituents is 1. The summed E-state index contributed by atoms with van der Waals surface area (Å²) in [5, 5.41) is 13.1. The van der Waals surface area contributed by atoms with Gasteiger partial charge >= 0.3 is 11.9 Å². The van der Waals surface area contributed by atoms with E-state index in [1.165, 1.54) is 18.2 Å². The molecule has 2 aromatic rings. The van der Waals surface area contributed by atoms with Crippen molar-refractivity contribution >= 4 is 39.2 Å². The zero-order valence-electron chi connectivity index (χ0n) is 17.0. The van der Waals surface area contributed by atoms with Crippen molar-refractivity contribution < 1.29 is 37.2 Å². The molecular weight excluding hydrogens is 446 g/mol. The van der Waals surface area contributed by atoms with Crippen LogP contribution in [0.5, 0.6) is 0 Å². The predicted octanol–water partition coefficient (Wildman–Crippen LogP) is 1.48. The van der Waals surface area contributed by atoms with Crippen LogP contribution in [-0.4, -0.2) is 52.0 Å². The summed E-state index contributed by atoms with van der Waals surface area (Å²) in [6, 6.07) is 8.07. The third-order valence-corrected chi connectivity index (χ3v) is 5.54. The molecule has 0 aliphatic carbocycles. The summed E-state index contributed by atoms with van der Waals surface area (Å²) in [6.45, 7) is -0.272. The maximum Gasteiger partial charge on any atom is 0.337 e. The summed E-state index contributed by atoms with van der Waals surface area (Å²) in [7, 11) is -1.68. The van der Waals surface area contributed by atoms with Gasteiger partial charge in [-0.1, -0.05) is 0 Å². The first-order valence-corrected chi connectivity index (χ1v) is 10.4. The summed E-state index contributed by atoms with van der Waals surface area (Å²) < 4.78 is 35.9. The van der Waals surface area contributed by atoms with Gasteiger partial charge in [-0.2, -0.15) is 0 Å². The number of amides is 1. The Morgan fingerprint density at radius 3 is 1.97 bits per heavy atom. The monoisotopic (exact) mass is 465 g/mol. The maximum absolute atomic E-state index is 12.2. The molecule has 170 valence electrons. The quantitative estimate of drug-likeness (QED) is 0.316. The van der Waals surface area contributed by atoms with Crippen LogP contribution in [0.1, 0.15) is 27.1 Å². The third-order valence-electron chi connectivity index (χ3n) is 4.06. The van der Waals surface area contributed by atoms with Gasteiger partial charge in [-0.25, -0.2) is 22.7 Å². The molecular formula is C19H19N3O9S. The van der Waals surface area contributed by atoms with Gasteiger partial charge in [0.05, 0.1) is 35.2 Å². The molecule has 0 aromatic heterocycles. The van der Waals surface area contributed by atoms with E-state index in [2.05, 4.69) is 19.5 Å². The van der Waals surface area contributed by atoms with E-state index in [0.29, 0.717) is 0 Å². The minimum atomic E-state index is -3.99. The zero-order chi connectivity index (χ0) is 23.9. The molecule has 32 heavy (non-hydrogen) atoms. The number of nitrogens with zero attached hydrogens (tertiary/aromatic N) is 1. The number of nitro groups is 1. The molecule has 12 nitrogen and oxygen atoms in total. The fourth-order valence-corrected chi connectivity index (χ4v) is 3.56. The number of nitrogens with one attached hydrogen (secondary N) is 2. The summed E-state index contributed by atoms with van der Waals surface area (Å²) in [6.07, 6.45) is -0.276. The number of rotatable bonds is 9. The van der Waals surface area contributed by atoms with Crippen LogP contribution in [0, 0.1) is 10.1 Å². The minimum Gasteiger partial charge on any atom is -0.465 e. The molecule has 1 amide bonds. The van der Waals surface area contributed by atoms with Crippen molar-refractivity contribution in [1.29, 1.82) is 0 Å². The highest BCUT2D eigenvalue weighted by atomic mass is 32.2. The normalized spacial score (nSPS) is 10.8. The average molecular weight is 465 g/mol. The molecule has 0 saturated carbocycles. The van der Waals surface area contributed by atoms with Crippen molar-refractivity contribution in [2.75, 3.05) is 26.1 Å². The molecule has 2 aromatic carbocycles. The van der Waals surface area contributed by atoms with Crippen molar-refractivity contribution in [3.63, 3.8) is 0 Å². The second kappa shape index (κ2) is 10.5. The largest absolute Gasteiger partial charge is 0.465 e. The lowest BCUT2D eigenvalue weighted by atomic mass is 10.1. The van der Waals surface area contributed by atoms with Gasteiger partial charge in [-0.05, 0) is 30.3 Å². The van der Waals surface area contributed by atoms with Crippen molar-refractivity contribution in [3.05, 3.63) is 63.7 Å². The van der Waals surface area contributed by atoms with E-state index in [1.807, 2.05) is 0 Å². The number of hydrogen-bond donors (Lipinski definition) is 2. The first-order valence-electron chi connectivity index (χ1n) is 8.93. The van der Waals surface area contributed by atoms with Crippen LogP contribution in [0.15, 0.2) is 47.4 Å². The van der Waals surface area contributed by atoms with Gasteiger partial charge in [0.25, 0.3) is 5.69 Å². The van der Waals surface area contributed by atoms with Crippen molar-refractivity contribution in [2.45, 2.75) is 11.3 Å². The molecule has 0 aliphatic heterocycles. The molecule has 2 N–H and O–H groups in total. The summed E-state index contributed by atoms with van der Waals surface area (Å²) >= 11 is 0. The number of hydrogen-bond acceptors (Lipinski definition) is 9. The fraction of sp³-hybridized carbons (Fsp3) is 0.211. The lowest BCUT2D eigenvalue weighted by Gasteiger charge is -2.10. The molecule has 0 spiro atoms. The second-order valence-corrected chi connectivity index (χ2v) is 8.00. The highest BCUT2D eigenvalue weighted by Gasteiger charge is 2.17. The number of benzene rings is 2. The summed E-state index contributed by atoms with van der Waals surface area (Å²) in [5.41, 5.74) is -0.144. The molecule has 0 bridgehead atoms. The Morgan fingerprint density at radius 2 is 1.50 bits per heavy atom. The number of carbonyl (C=O) groups is 3. The van der Waals surface area contributed by atoms with Crippen LogP contribution < -0.4 is 10.0 Å². The van der Waals surface area contributed by atoms with E-state index < -0.39 is 32.8 Å². The lowest BCUT2D eigenvalue weighted by molar-refractivity contribution is -0.384. The number of methoxy groups -OCH3 is 2. The number of esters is 2. The van der Waals surface area contributed by atoms with Crippen molar-refractivity contribution in [1.82, 2.24) is 4.72 Å². The Bertz CT molecular complexity index is 1110. The van der Waals surface area contributed by atoms with Crippen LogP contribution in [0.3, 0.4) is 0 Å². The smallest absolute Gasteiger partial charge is 0.337 e. The number of ether oxygens (including phenoxy) is 2. The Labute approximate surface area is 182 Å². The number of non-ortho nitro benzene ring substituents is 1. The Hall–Kier alpha value is -3.84. The van der Waals surface area contributed by atoms with Crippen LogP contribution in [-0.2, 0) is 24.3 Å². The van der Waals surface area contributed by atoms with Gasteiger partial charge in [-0.3, -0.25) is 14.9 Å². The van der Waals surface area contributed by atoms with E-state index in [4.69, 9.17) is 0 Å². The Morgan fingerprint density at radius 1 is 0.969 bits per heavy atom. The van der Waals surface area contributed by atoms with Gasteiger partial charge in [0.1, 0.15) is 0 Å². The average Bonchev–Trinajstić information content (AvgIpc) is 2.77. The molecule has 0 radical (unpaired) electrons. The summed E-state index contributed by atoms with van der Waals surface area (Å²) in [4.78, 5) is 45.6. The van der Waals surface area contributed by atoms with Gasteiger partial charge < -0.3 is 14.8 Å². The Kier molecular flexibility index (Phi) is 7.98. The number of carbonyl (C=O) groups excluding carboxylic acids is 3. The van der Waals surface area contributed by atoms with E-state index in [1.54, 1.807) is 0 Å². The lowest BCUT2D eigenvalue weighted by Crippen LogP contribution is -2.28. The van der Waals surface area contributed by atoms with Crippen molar-refractivity contribution in [2.24, 2.45) is 0 Å². The molecule has 0 saturated heterocycles. The molecule has 0 fully saturated rings. The molecule has 0 atom stereocenters. The van der Waals surface area contributed by atoms with Gasteiger partial charge in [0, 0.05) is 30.8 Å². The maximum atomic E-state index is 12.2. The number of sulfonamides is 1. The third kappa shape index (κ3) is 6.33. The molecule has 0 heterocycles. The standard InChI is InChI=1S/C19H19N3O9S/c1-30-18(24)12-9-13(19(25)31-2)11-14(10-12)21-17(23)7-8-20-32(28,29)16-5-3-15(4-6-16)22(26)27/h3-6,9-11,20H,7-8H2,1-2H3,(H,21,23). The fourth-order valence-electron chi connectivity index (χ4n) is 2.52. The van der Waals surface area contributed by atoms with Gasteiger partial charge in [0.15, 0.2) is 0 Å². The van der Waals surface area contributed by atoms with Crippen LogP contribution >= 0.6 is 0 Å². The zero-order valence-corrected chi connectivity index (χ0v) is 17.8. The summed E-state index contributed by atoms with van der Waals surface area (Å²) in [5.74, 6) is -2.07. The molecule has 13 heteroatoms. The molecule has 0 aliphatic rings. The first kappa shape index (κ1) is 24.4. The van der Waals surface area contributed by atoms with Gasteiger partial charge in [-0.15, -0.1) is 0 Å². The topological polar surface area (TPSA) is 171 Å².